The number of hydrogen-bond acceptors (Lipinski definition) is 7. The van der Waals surface area contributed by atoms with Gasteiger partial charge in [-0.25, -0.2) is 14.8 Å². The van der Waals surface area contributed by atoms with Crippen molar-refractivity contribution in [3.63, 3.8) is 0 Å². The van der Waals surface area contributed by atoms with Crippen molar-refractivity contribution in [2.24, 2.45) is 0 Å². The van der Waals surface area contributed by atoms with Crippen molar-refractivity contribution in [3.05, 3.63) is 61.2 Å². The number of carbonyl (C=O) groups excluding carboxylic acids is 1. The van der Waals surface area contributed by atoms with Crippen molar-refractivity contribution >= 4 is 33.1 Å². The number of fused-ring (bicyclic) bond motifs is 1. The van der Waals surface area contributed by atoms with Crippen LogP contribution in [0.4, 0.5) is 10.7 Å². The second kappa shape index (κ2) is 9.39. The summed E-state index contributed by atoms with van der Waals surface area (Å²) < 4.78 is 32.6. The largest absolute Gasteiger partial charge is 0.393 e. The number of H-pyrrole nitrogens is 1. The van der Waals surface area contributed by atoms with Crippen LogP contribution >= 0.6 is 0 Å². The molecule has 0 saturated heterocycles. The summed E-state index contributed by atoms with van der Waals surface area (Å²) in [6.45, 7) is 0. The van der Waals surface area contributed by atoms with Crippen molar-refractivity contribution in [3.8, 4) is 11.4 Å². The van der Waals surface area contributed by atoms with Gasteiger partial charge in [-0.3, -0.25) is 5.32 Å². The van der Waals surface area contributed by atoms with Crippen LogP contribution < -0.4 is 14.8 Å². The van der Waals surface area contributed by atoms with Crippen molar-refractivity contribution in [1.29, 1.82) is 0 Å². The number of anilines is 1. The maximum atomic E-state index is 12.7. The number of hydrogen-bond donors (Lipinski definition) is 4. The molecule has 1 fully saturated rings. The summed E-state index contributed by atoms with van der Waals surface area (Å²) in [6.07, 6.45) is 7.47. The number of aliphatic hydroxyl groups is 1. The Bertz CT molecular complexity index is 1430. The van der Waals surface area contributed by atoms with Crippen LogP contribution in [0.25, 0.3) is 16.7 Å². The molecule has 0 radical (unpaired) electrons. The second-order valence-electron chi connectivity index (χ2n) is 8.37. The predicted molar refractivity (Wildman–Crippen MR) is 128 cm³/mol. The van der Waals surface area contributed by atoms with Crippen LogP contribution in [0.1, 0.15) is 25.7 Å². The lowest BCUT2D eigenvalue weighted by Gasteiger charge is -2.25. The number of aromatic amines is 1. The molecule has 5 rings (SSSR count). The molecular formula is C23H24N6O5S. The Morgan fingerprint density at radius 1 is 1.11 bits per heavy atom. The average molecular weight is 497 g/mol. The van der Waals surface area contributed by atoms with Crippen molar-refractivity contribution < 1.29 is 22.5 Å². The van der Waals surface area contributed by atoms with Gasteiger partial charge in [-0.2, -0.15) is 8.42 Å². The number of amides is 2. The standard InChI is InChI=1S/C23H24N6O5S/c30-17-5-1-15(2-6-17)25-23(31)28-22-26-20-10-7-18(13-21(20)27-22)34-35(32,33)19-8-3-16(4-9-19)29-12-11-24-14-29/h3-4,7-15,17,30H,1-2,5-6H2,(H3,25,26,27,28,31). The van der Waals surface area contributed by atoms with E-state index in [9.17, 15) is 18.3 Å². The third-order valence-electron chi connectivity index (χ3n) is 5.85. The van der Waals surface area contributed by atoms with Crippen LogP contribution in [0.2, 0.25) is 0 Å². The molecule has 4 N–H and O–H groups in total. The summed E-state index contributed by atoms with van der Waals surface area (Å²) in [5.41, 5.74) is 1.81. The highest BCUT2D eigenvalue weighted by Gasteiger charge is 2.21. The minimum atomic E-state index is -4.06. The average Bonchev–Trinajstić information content (AvgIpc) is 3.50. The Morgan fingerprint density at radius 3 is 2.60 bits per heavy atom. The quantitative estimate of drug-likeness (QED) is 0.300. The van der Waals surface area contributed by atoms with E-state index < -0.39 is 16.1 Å². The first-order valence-corrected chi connectivity index (χ1v) is 12.5. The summed E-state index contributed by atoms with van der Waals surface area (Å²) in [5, 5.41) is 15.1. The highest BCUT2D eigenvalue weighted by atomic mass is 32.2. The fourth-order valence-electron chi connectivity index (χ4n) is 4.02. The normalized spacial score (nSPS) is 18.3. The van der Waals surface area contributed by atoms with Gasteiger partial charge >= 0.3 is 16.1 Å². The molecule has 1 aliphatic carbocycles. The predicted octanol–water partition coefficient (Wildman–Crippen LogP) is 2.94. The summed E-state index contributed by atoms with van der Waals surface area (Å²) in [7, 11) is -4.06. The van der Waals surface area contributed by atoms with E-state index in [4.69, 9.17) is 4.18 Å². The zero-order chi connectivity index (χ0) is 24.4. The number of aliphatic hydroxyl groups excluding tert-OH is 1. The summed E-state index contributed by atoms with van der Waals surface area (Å²) in [6, 6.07) is 10.5. The Hall–Kier alpha value is -3.90. The van der Waals surface area contributed by atoms with Crippen molar-refractivity contribution in [2.45, 2.75) is 42.7 Å². The zero-order valence-electron chi connectivity index (χ0n) is 18.6. The third-order valence-corrected chi connectivity index (χ3v) is 7.11. The van der Waals surface area contributed by atoms with Gasteiger partial charge in [0, 0.05) is 30.2 Å². The first kappa shape index (κ1) is 22.9. The molecule has 2 heterocycles. The van der Waals surface area contributed by atoms with Crippen LogP contribution in [0.15, 0.2) is 66.1 Å². The monoisotopic (exact) mass is 496 g/mol. The van der Waals surface area contributed by atoms with E-state index in [-0.39, 0.29) is 28.7 Å². The lowest BCUT2D eigenvalue weighted by Crippen LogP contribution is -2.41. The van der Waals surface area contributed by atoms with Gasteiger partial charge in [0.05, 0.1) is 23.5 Å². The number of aromatic nitrogens is 4. The first-order valence-electron chi connectivity index (χ1n) is 11.1. The highest BCUT2D eigenvalue weighted by Crippen LogP contribution is 2.25. The molecule has 1 saturated carbocycles. The van der Waals surface area contributed by atoms with E-state index in [2.05, 4.69) is 25.6 Å². The maximum Gasteiger partial charge on any atom is 0.339 e. The molecule has 35 heavy (non-hydrogen) atoms. The zero-order valence-corrected chi connectivity index (χ0v) is 19.4. The fourth-order valence-corrected chi connectivity index (χ4v) is 4.94. The Morgan fingerprint density at radius 2 is 1.89 bits per heavy atom. The van der Waals surface area contributed by atoms with Crippen molar-refractivity contribution in [2.75, 3.05) is 5.32 Å². The number of urea groups is 1. The first-order chi connectivity index (χ1) is 16.9. The summed E-state index contributed by atoms with van der Waals surface area (Å²) in [5.74, 6) is 0.322. The molecule has 4 aromatic rings. The lowest BCUT2D eigenvalue weighted by atomic mass is 9.93. The van der Waals surface area contributed by atoms with Crippen LogP contribution in [0, 0.1) is 0 Å². The summed E-state index contributed by atoms with van der Waals surface area (Å²) in [4.78, 5) is 23.6. The minimum absolute atomic E-state index is 0.00185. The molecule has 0 atom stereocenters. The molecular weight excluding hydrogens is 472 g/mol. The van der Waals surface area contributed by atoms with Gasteiger partial charge in [-0.15, -0.1) is 0 Å². The molecule has 182 valence electrons. The summed E-state index contributed by atoms with van der Waals surface area (Å²) >= 11 is 0. The Kier molecular flexibility index (Phi) is 6.14. The molecule has 12 heteroatoms. The van der Waals surface area contributed by atoms with Crippen molar-refractivity contribution in [1.82, 2.24) is 24.8 Å². The molecule has 2 aromatic heterocycles. The van der Waals surface area contributed by atoms with E-state index in [1.165, 1.54) is 24.3 Å². The molecule has 11 nitrogen and oxygen atoms in total. The van der Waals surface area contributed by atoms with Crippen LogP contribution in [0.3, 0.4) is 0 Å². The van der Waals surface area contributed by atoms with E-state index in [0.29, 0.717) is 23.9 Å². The van der Waals surface area contributed by atoms with Gasteiger partial charge in [0.2, 0.25) is 5.95 Å². The number of imidazole rings is 2. The second-order valence-corrected chi connectivity index (χ2v) is 9.92. The van der Waals surface area contributed by atoms with Crippen LogP contribution in [0.5, 0.6) is 5.75 Å². The van der Waals surface area contributed by atoms with E-state index >= 15 is 0 Å². The van der Waals surface area contributed by atoms with Gasteiger partial charge < -0.3 is 24.2 Å². The van der Waals surface area contributed by atoms with Gasteiger partial charge in [0.25, 0.3) is 0 Å². The Balaban J connectivity index is 1.25. The molecule has 0 unspecified atom stereocenters. The number of rotatable bonds is 6. The van der Waals surface area contributed by atoms with Crippen LogP contribution in [-0.4, -0.2) is 51.2 Å². The SMILES string of the molecule is O=C(Nc1nc2cc(OS(=O)(=O)c3ccc(-n4ccnc4)cc3)ccc2[nH]1)NC1CCC(O)CC1. The number of nitrogens with one attached hydrogen (secondary N) is 3. The van der Waals surface area contributed by atoms with Gasteiger partial charge in [-0.05, 0) is 62.1 Å². The molecule has 1 aliphatic rings. The fraction of sp³-hybridized carbons (Fsp3) is 0.261. The van der Waals surface area contributed by atoms with E-state index in [1.807, 2.05) is 0 Å². The lowest BCUT2D eigenvalue weighted by molar-refractivity contribution is 0.118. The number of carbonyl (C=O) groups is 1. The molecule has 0 aliphatic heterocycles. The van der Waals surface area contributed by atoms with Gasteiger partial charge in [-0.1, -0.05) is 0 Å². The number of benzene rings is 2. The van der Waals surface area contributed by atoms with Gasteiger partial charge in [0.1, 0.15) is 10.6 Å². The molecule has 2 amide bonds. The van der Waals surface area contributed by atoms with Gasteiger partial charge in [0.15, 0.2) is 0 Å². The smallest absolute Gasteiger partial charge is 0.339 e. The Labute approximate surface area is 201 Å². The number of nitrogens with zero attached hydrogens (tertiary/aromatic N) is 3. The van der Waals surface area contributed by atoms with E-state index in [0.717, 1.165) is 18.5 Å². The molecule has 0 spiro atoms. The molecule has 0 bridgehead atoms. The van der Waals surface area contributed by atoms with E-state index in [1.54, 1.807) is 41.5 Å². The highest BCUT2D eigenvalue weighted by molar-refractivity contribution is 7.87. The third kappa shape index (κ3) is 5.28. The minimum Gasteiger partial charge on any atom is -0.393 e. The maximum absolute atomic E-state index is 12.7. The molecule has 2 aromatic carbocycles. The van der Waals surface area contributed by atoms with Crippen LogP contribution in [-0.2, 0) is 10.1 Å². The topological polar surface area (TPSA) is 151 Å².